The van der Waals surface area contributed by atoms with Crippen molar-refractivity contribution in [3.05, 3.63) is 111 Å². The first-order chi connectivity index (χ1) is 18.6. The van der Waals surface area contributed by atoms with Crippen molar-refractivity contribution in [3.63, 3.8) is 0 Å². The number of alkyl halides is 2. The Labute approximate surface area is 228 Å². The Kier molecular flexibility index (Phi) is 8.51. The minimum absolute atomic E-state index is 0.0365. The van der Waals surface area contributed by atoms with Gasteiger partial charge in [0.05, 0.1) is 5.56 Å². The van der Waals surface area contributed by atoms with Crippen molar-refractivity contribution in [1.82, 2.24) is 9.78 Å². The number of hydrogen-bond donors (Lipinski definition) is 1. The highest BCUT2D eigenvalue weighted by atomic mass is 35.5. The van der Waals surface area contributed by atoms with Crippen molar-refractivity contribution in [3.8, 4) is 17.0 Å². The van der Waals surface area contributed by atoms with Crippen LogP contribution in [0.2, 0.25) is 5.02 Å². The molecule has 0 saturated heterocycles. The highest BCUT2D eigenvalue weighted by Gasteiger charge is 2.27. The van der Waals surface area contributed by atoms with Crippen LogP contribution in [0.25, 0.3) is 11.1 Å². The summed E-state index contributed by atoms with van der Waals surface area (Å²) >= 11 is 6.11. The number of aromatic nitrogens is 2. The molecule has 200 valence electrons. The standard InChI is InChI=1S/C29H24ClF2N3O4/c1-17-8-11-21(12-9-17)33-27(38)25(14-19-6-4-3-5-7-19)35-26(37)16-24(28(34-35)39-29(31)32)23-15-20(30)10-13-22(23)18(2)36/h3-13,15-16,25,29H,14H2,1-2H3,(H,33,38). The monoisotopic (exact) mass is 551 g/mol. The number of ether oxygens (including phenoxy) is 1. The highest BCUT2D eigenvalue weighted by molar-refractivity contribution is 6.31. The van der Waals surface area contributed by atoms with Gasteiger partial charge in [-0.25, -0.2) is 4.68 Å². The Morgan fingerprint density at radius 2 is 1.69 bits per heavy atom. The van der Waals surface area contributed by atoms with E-state index in [1.54, 1.807) is 42.5 Å². The van der Waals surface area contributed by atoms with Gasteiger partial charge in [0, 0.05) is 28.8 Å². The molecule has 1 atom stereocenters. The molecule has 1 unspecified atom stereocenters. The number of anilines is 1. The summed E-state index contributed by atoms with van der Waals surface area (Å²) in [5.41, 5.74) is 1.51. The molecule has 4 rings (SSSR count). The van der Waals surface area contributed by atoms with Crippen LogP contribution >= 0.6 is 11.6 Å². The summed E-state index contributed by atoms with van der Waals surface area (Å²) in [6.07, 6.45) is 0.0365. The Morgan fingerprint density at radius 1 is 1.00 bits per heavy atom. The normalized spacial score (nSPS) is 11.7. The van der Waals surface area contributed by atoms with Gasteiger partial charge in [-0.05, 0) is 55.3 Å². The van der Waals surface area contributed by atoms with Crippen LogP contribution in [0.1, 0.15) is 34.5 Å². The van der Waals surface area contributed by atoms with Crippen molar-refractivity contribution < 1.29 is 23.1 Å². The van der Waals surface area contributed by atoms with E-state index >= 15 is 0 Å². The van der Waals surface area contributed by atoms with Crippen LogP contribution in [0.15, 0.2) is 83.7 Å². The third-order valence-electron chi connectivity index (χ3n) is 5.96. The van der Waals surface area contributed by atoms with Crippen LogP contribution in [0, 0.1) is 6.92 Å². The third-order valence-corrected chi connectivity index (χ3v) is 6.20. The number of amides is 1. The number of ketones is 1. The van der Waals surface area contributed by atoms with E-state index in [2.05, 4.69) is 10.4 Å². The minimum atomic E-state index is -3.30. The van der Waals surface area contributed by atoms with Crippen LogP contribution in [-0.2, 0) is 11.2 Å². The summed E-state index contributed by atoms with van der Waals surface area (Å²) in [6.45, 7) is -0.104. The Morgan fingerprint density at radius 3 is 2.33 bits per heavy atom. The van der Waals surface area contributed by atoms with E-state index in [0.717, 1.165) is 16.3 Å². The molecule has 7 nitrogen and oxygen atoms in total. The number of Topliss-reactive ketones (excluding diaryl/α,β-unsaturated/α-hetero) is 1. The number of hydrogen-bond acceptors (Lipinski definition) is 5. The lowest BCUT2D eigenvalue weighted by molar-refractivity contribution is -0.119. The summed E-state index contributed by atoms with van der Waals surface area (Å²) in [5, 5.41) is 7.05. The van der Waals surface area contributed by atoms with Gasteiger partial charge in [0.25, 0.3) is 5.56 Å². The number of nitrogens with one attached hydrogen (secondary N) is 1. The Hall–Kier alpha value is -4.37. The molecular weight excluding hydrogens is 528 g/mol. The van der Waals surface area contributed by atoms with Crippen LogP contribution in [0.3, 0.4) is 0 Å². The molecule has 0 spiro atoms. The van der Waals surface area contributed by atoms with Gasteiger partial charge >= 0.3 is 6.61 Å². The zero-order valence-electron chi connectivity index (χ0n) is 21.0. The van der Waals surface area contributed by atoms with Crippen molar-refractivity contribution in [2.24, 2.45) is 0 Å². The van der Waals surface area contributed by atoms with Crippen molar-refractivity contribution in [1.29, 1.82) is 0 Å². The van der Waals surface area contributed by atoms with Crippen molar-refractivity contribution in [2.75, 3.05) is 5.32 Å². The first-order valence-electron chi connectivity index (χ1n) is 11.9. The predicted octanol–water partition coefficient (Wildman–Crippen LogP) is 6.10. The largest absolute Gasteiger partial charge is 0.415 e. The lowest BCUT2D eigenvalue weighted by Gasteiger charge is -2.21. The molecule has 0 aliphatic carbocycles. The Balaban J connectivity index is 1.85. The molecule has 0 saturated carbocycles. The number of nitrogens with zero attached hydrogens (tertiary/aromatic N) is 2. The zero-order chi connectivity index (χ0) is 28.1. The molecule has 1 N–H and O–H groups in total. The lowest BCUT2D eigenvalue weighted by Crippen LogP contribution is -2.36. The molecule has 1 heterocycles. The van der Waals surface area contributed by atoms with E-state index in [4.69, 9.17) is 16.3 Å². The first-order valence-corrected chi connectivity index (χ1v) is 12.3. The van der Waals surface area contributed by atoms with E-state index in [1.807, 2.05) is 19.1 Å². The molecule has 1 aromatic heterocycles. The molecule has 0 radical (unpaired) electrons. The molecule has 0 fully saturated rings. The fourth-order valence-electron chi connectivity index (χ4n) is 4.08. The third kappa shape index (κ3) is 6.74. The van der Waals surface area contributed by atoms with Gasteiger partial charge in [0.2, 0.25) is 11.8 Å². The van der Waals surface area contributed by atoms with Crippen LogP contribution in [0.5, 0.6) is 5.88 Å². The number of carbonyl (C=O) groups excluding carboxylic acids is 2. The summed E-state index contributed by atoms with van der Waals surface area (Å²) in [6, 6.07) is 20.0. The number of halogens is 3. The van der Waals surface area contributed by atoms with Crippen molar-refractivity contribution in [2.45, 2.75) is 32.9 Å². The van der Waals surface area contributed by atoms with Gasteiger partial charge in [0.1, 0.15) is 6.04 Å². The van der Waals surface area contributed by atoms with Gasteiger partial charge in [-0.15, -0.1) is 5.10 Å². The smallest absolute Gasteiger partial charge is 0.388 e. The van der Waals surface area contributed by atoms with Crippen LogP contribution < -0.4 is 15.6 Å². The summed E-state index contributed by atoms with van der Waals surface area (Å²) in [7, 11) is 0. The quantitative estimate of drug-likeness (QED) is 0.254. The number of benzene rings is 3. The molecule has 4 aromatic rings. The molecule has 1 amide bonds. The van der Waals surface area contributed by atoms with Gasteiger partial charge in [-0.1, -0.05) is 59.6 Å². The second-order valence-corrected chi connectivity index (χ2v) is 9.27. The van der Waals surface area contributed by atoms with Gasteiger partial charge in [0.15, 0.2) is 5.78 Å². The Bertz CT molecular complexity index is 1560. The number of rotatable bonds is 9. The maximum Gasteiger partial charge on any atom is 0.388 e. The van der Waals surface area contributed by atoms with Gasteiger partial charge in [-0.3, -0.25) is 14.4 Å². The fraction of sp³-hybridized carbons (Fsp3) is 0.172. The minimum Gasteiger partial charge on any atom is -0.415 e. The number of carbonyl (C=O) groups is 2. The molecule has 0 aliphatic heterocycles. The topological polar surface area (TPSA) is 90.3 Å². The SMILES string of the molecule is CC(=O)c1ccc(Cl)cc1-c1cc(=O)n(C(Cc2ccccc2)C(=O)Nc2ccc(C)cc2)nc1OC(F)F. The zero-order valence-corrected chi connectivity index (χ0v) is 21.8. The second-order valence-electron chi connectivity index (χ2n) is 8.83. The summed E-state index contributed by atoms with van der Waals surface area (Å²) < 4.78 is 32.5. The van der Waals surface area contributed by atoms with Gasteiger partial charge in [-0.2, -0.15) is 8.78 Å². The first kappa shape index (κ1) is 27.7. The highest BCUT2D eigenvalue weighted by Crippen LogP contribution is 2.33. The summed E-state index contributed by atoms with van der Waals surface area (Å²) in [5.74, 6) is -1.59. The molecule has 0 aliphatic rings. The van der Waals surface area contributed by atoms with E-state index in [0.29, 0.717) is 11.3 Å². The van der Waals surface area contributed by atoms with Crippen molar-refractivity contribution >= 4 is 29.0 Å². The number of aryl methyl sites for hydroxylation is 1. The fourth-order valence-corrected chi connectivity index (χ4v) is 4.25. The van der Waals surface area contributed by atoms with Gasteiger partial charge < -0.3 is 10.1 Å². The maximum atomic E-state index is 13.5. The van der Waals surface area contributed by atoms with Crippen LogP contribution in [-0.4, -0.2) is 28.1 Å². The second kappa shape index (κ2) is 12.0. The van der Waals surface area contributed by atoms with E-state index < -0.39 is 30.0 Å². The van der Waals surface area contributed by atoms with E-state index in [-0.39, 0.29) is 33.9 Å². The lowest BCUT2D eigenvalue weighted by atomic mass is 9.98. The molecule has 39 heavy (non-hydrogen) atoms. The summed E-state index contributed by atoms with van der Waals surface area (Å²) in [4.78, 5) is 39.1. The molecule has 10 heteroatoms. The average molecular weight is 552 g/mol. The molecule has 0 bridgehead atoms. The maximum absolute atomic E-state index is 13.5. The van der Waals surface area contributed by atoms with E-state index in [9.17, 15) is 23.2 Å². The molecular formula is C29H24ClF2N3O4. The van der Waals surface area contributed by atoms with E-state index in [1.165, 1.54) is 25.1 Å². The van der Waals surface area contributed by atoms with Crippen LogP contribution in [0.4, 0.5) is 14.5 Å². The average Bonchev–Trinajstić information content (AvgIpc) is 2.89. The molecule has 3 aromatic carbocycles. The predicted molar refractivity (Wildman–Crippen MR) is 145 cm³/mol.